The maximum atomic E-state index is 12.0. The molecule has 1 aromatic carbocycles. The van der Waals surface area contributed by atoms with E-state index in [2.05, 4.69) is 21.2 Å². The number of carbonyl (C=O) groups is 1. The summed E-state index contributed by atoms with van der Waals surface area (Å²) in [6.07, 6.45) is 0. The molecular formula is C15H18BrNO2S. The van der Waals surface area contributed by atoms with E-state index in [0.29, 0.717) is 11.3 Å². The summed E-state index contributed by atoms with van der Waals surface area (Å²) in [6, 6.07) is 6.96. The number of aryl methyl sites for hydroxylation is 2. The number of thiophene rings is 1. The number of carbonyl (C=O) groups excluding carboxylic acids is 1. The zero-order valence-corrected chi connectivity index (χ0v) is 14.4. The van der Waals surface area contributed by atoms with Crippen molar-refractivity contribution in [2.45, 2.75) is 27.7 Å². The molecule has 0 atom stereocenters. The van der Waals surface area contributed by atoms with E-state index in [1.807, 2.05) is 39.8 Å². The van der Waals surface area contributed by atoms with E-state index in [0.717, 1.165) is 14.2 Å². The highest BCUT2D eigenvalue weighted by molar-refractivity contribution is 9.11. The number of hydrogen-bond acceptors (Lipinski definition) is 3. The van der Waals surface area contributed by atoms with Crippen LogP contribution in [0, 0.1) is 13.8 Å². The van der Waals surface area contributed by atoms with Crippen molar-refractivity contribution in [2.75, 3.05) is 5.32 Å². The molecule has 1 amide bonds. The Kier molecular flexibility index (Phi) is 6.23. The molecule has 0 unspecified atom stereocenters. The first kappa shape index (κ1) is 16.7. The Labute approximate surface area is 131 Å². The molecule has 0 bridgehead atoms. The summed E-state index contributed by atoms with van der Waals surface area (Å²) in [4.78, 5) is 13.1. The van der Waals surface area contributed by atoms with E-state index in [1.165, 1.54) is 11.3 Å². The van der Waals surface area contributed by atoms with E-state index < -0.39 is 0 Å². The Bertz CT molecular complexity index is 608. The van der Waals surface area contributed by atoms with Crippen LogP contribution in [-0.2, 0) is 0 Å². The highest BCUT2D eigenvalue weighted by atomic mass is 79.9. The first-order valence-electron chi connectivity index (χ1n) is 6.34. The summed E-state index contributed by atoms with van der Waals surface area (Å²) in [5, 5.41) is 12.4. The number of halogens is 1. The van der Waals surface area contributed by atoms with Gasteiger partial charge in [0.15, 0.2) is 0 Å². The zero-order chi connectivity index (χ0) is 15.3. The van der Waals surface area contributed by atoms with Gasteiger partial charge in [-0.1, -0.05) is 19.9 Å². The molecular weight excluding hydrogens is 338 g/mol. The lowest BCUT2D eigenvalue weighted by Gasteiger charge is -2.07. The Morgan fingerprint density at radius 2 is 1.90 bits per heavy atom. The van der Waals surface area contributed by atoms with Crippen molar-refractivity contribution in [1.82, 2.24) is 0 Å². The molecule has 2 rings (SSSR count). The van der Waals surface area contributed by atoms with Gasteiger partial charge in [-0.15, -0.1) is 11.3 Å². The largest absolute Gasteiger partial charge is 0.506 e. The summed E-state index contributed by atoms with van der Waals surface area (Å²) in [6.45, 7) is 7.82. The monoisotopic (exact) mass is 355 g/mol. The van der Waals surface area contributed by atoms with Gasteiger partial charge in [0.25, 0.3) is 5.91 Å². The number of aromatic hydroxyl groups is 1. The van der Waals surface area contributed by atoms with Crippen LogP contribution in [0.15, 0.2) is 28.1 Å². The molecule has 0 saturated carbocycles. The van der Waals surface area contributed by atoms with Crippen molar-refractivity contribution >= 4 is 38.9 Å². The molecule has 0 spiro atoms. The zero-order valence-electron chi connectivity index (χ0n) is 12.0. The van der Waals surface area contributed by atoms with Gasteiger partial charge in [-0.3, -0.25) is 4.79 Å². The van der Waals surface area contributed by atoms with Gasteiger partial charge in [-0.05, 0) is 53.5 Å². The van der Waals surface area contributed by atoms with Crippen molar-refractivity contribution in [3.63, 3.8) is 0 Å². The number of benzene rings is 1. The molecule has 0 radical (unpaired) electrons. The smallest absolute Gasteiger partial charge is 0.257 e. The van der Waals surface area contributed by atoms with Crippen LogP contribution in [0.3, 0.4) is 0 Å². The van der Waals surface area contributed by atoms with Crippen LogP contribution in [0.25, 0.3) is 0 Å². The van der Waals surface area contributed by atoms with Gasteiger partial charge >= 0.3 is 0 Å². The van der Waals surface area contributed by atoms with Crippen LogP contribution in [0.5, 0.6) is 5.75 Å². The predicted molar refractivity (Wildman–Crippen MR) is 88.9 cm³/mol. The van der Waals surface area contributed by atoms with E-state index in [4.69, 9.17) is 0 Å². The van der Waals surface area contributed by atoms with Crippen molar-refractivity contribution < 1.29 is 9.90 Å². The molecule has 0 aliphatic heterocycles. The normalized spacial score (nSPS) is 9.65. The summed E-state index contributed by atoms with van der Waals surface area (Å²) in [5.41, 5.74) is 1.94. The van der Waals surface area contributed by atoms with Crippen LogP contribution in [-0.4, -0.2) is 11.0 Å². The Hall–Kier alpha value is -1.33. The second-order valence-corrected chi connectivity index (χ2v) is 6.59. The van der Waals surface area contributed by atoms with Crippen LogP contribution in [0.4, 0.5) is 5.69 Å². The summed E-state index contributed by atoms with van der Waals surface area (Å²) >= 11 is 4.86. The molecule has 1 heterocycles. The molecule has 3 nitrogen and oxygen atoms in total. The van der Waals surface area contributed by atoms with Crippen molar-refractivity contribution in [3.8, 4) is 5.75 Å². The molecule has 0 aliphatic carbocycles. The topological polar surface area (TPSA) is 49.3 Å². The lowest BCUT2D eigenvalue weighted by molar-refractivity contribution is 0.102. The van der Waals surface area contributed by atoms with Crippen LogP contribution >= 0.6 is 27.3 Å². The van der Waals surface area contributed by atoms with Crippen LogP contribution < -0.4 is 5.32 Å². The average molecular weight is 356 g/mol. The molecule has 0 fully saturated rings. The fourth-order valence-electron chi connectivity index (χ4n) is 1.58. The number of phenols is 1. The second-order valence-electron chi connectivity index (χ2n) is 4.02. The number of phenolic OH excluding ortho intramolecular Hbond substituents is 1. The molecule has 108 valence electrons. The first-order valence-corrected chi connectivity index (χ1v) is 7.95. The van der Waals surface area contributed by atoms with E-state index >= 15 is 0 Å². The average Bonchev–Trinajstić information content (AvgIpc) is 2.74. The van der Waals surface area contributed by atoms with E-state index in [-0.39, 0.29) is 11.7 Å². The summed E-state index contributed by atoms with van der Waals surface area (Å²) in [7, 11) is 0. The fraction of sp³-hybridized carbons (Fsp3) is 0.267. The standard InChI is InChI=1S/C13H12BrNO2S.C2H6/c1-7-3-4-10(11(16)5-7)15-13(17)9-6-8(2)18-12(9)14;1-2/h3-6,16H,1-2H3,(H,15,17);1-2H3. The Morgan fingerprint density at radius 3 is 2.40 bits per heavy atom. The number of rotatable bonds is 2. The molecule has 2 N–H and O–H groups in total. The van der Waals surface area contributed by atoms with Crippen molar-refractivity contribution in [3.05, 3.63) is 44.1 Å². The third-order valence-corrected chi connectivity index (χ3v) is 4.21. The lowest BCUT2D eigenvalue weighted by Crippen LogP contribution is -2.11. The fourth-order valence-corrected chi connectivity index (χ4v) is 3.36. The molecule has 20 heavy (non-hydrogen) atoms. The van der Waals surface area contributed by atoms with E-state index in [9.17, 15) is 9.90 Å². The van der Waals surface area contributed by atoms with Crippen molar-refractivity contribution in [1.29, 1.82) is 0 Å². The van der Waals surface area contributed by atoms with Crippen LogP contribution in [0.2, 0.25) is 0 Å². The van der Waals surface area contributed by atoms with Crippen molar-refractivity contribution in [2.24, 2.45) is 0 Å². The Morgan fingerprint density at radius 1 is 1.25 bits per heavy atom. The minimum atomic E-state index is -0.231. The number of hydrogen-bond donors (Lipinski definition) is 2. The lowest BCUT2D eigenvalue weighted by atomic mass is 10.2. The van der Waals surface area contributed by atoms with Gasteiger partial charge in [-0.2, -0.15) is 0 Å². The predicted octanol–water partition coefficient (Wildman–Crippen LogP) is 5.11. The van der Waals surface area contributed by atoms with Crippen LogP contribution in [0.1, 0.15) is 34.6 Å². The van der Waals surface area contributed by atoms with E-state index in [1.54, 1.807) is 12.1 Å². The number of nitrogens with one attached hydrogen (secondary N) is 1. The maximum absolute atomic E-state index is 12.0. The summed E-state index contributed by atoms with van der Waals surface area (Å²) < 4.78 is 0.795. The third kappa shape index (κ3) is 4.08. The maximum Gasteiger partial charge on any atom is 0.257 e. The molecule has 2 aromatic rings. The molecule has 5 heteroatoms. The highest BCUT2D eigenvalue weighted by Gasteiger charge is 2.14. The van der Waals surface area contributed by atoms with Gasteiger partial charge in [0.1, 0.15) is 5.75 Å². The highest BCUT2D eigenvalue weighted by Crippen LogP contribution is 2.30. The summed E-state index contributed by atoms with van der Waals surface area (Å²) in [5.74, 6) is -0.156. The van der Waals surface area contributed by atoms with Gasteiger partial charge < -0.3 is 10.4 Å². The number of anilines is 1. The number of amides is 1. The molecule has 0 aliphatic rings. The minimum Gasteiger partial charge on any atom is -0.506 e. The van der Waals surface area contributed by atoms with Gasteiger partial charge in [-0.25, -0.2) is 0 Å². The molecule has 0 saturated heterocycles. The molecule has 1 aromatic heterocycles. The second kappa shape index (κ2) is 7.45. The Balaban J connectivity index is 0.000000956. The SMILES string of the molecule is CC.Cc1ccc(NC(=O)c2cc(C)sc2Br)c(O)c1. The first-order chi connectivity index (χ1) is 9.47. The third-order valence-electron chi connectivity index (χ3n) is 2.46. The van der Waals surface area contributed by atoms with Gasteiger partial charge in [0.2, 0.25) is 0 Å². The van der Waals surface area contributed by atoms with Gasteiger partial charge in [0.05, 0.1) is 15.0 Å². The minimum absolute atomic E-state index is 0.0754. The van der Waals surface area contributed by atoms with Gasteiger partial charge in [0, 0.05) is 4.88 Å². The quantitative estimate of drug-likeness (QED) is 0.735.